The largest absolute Gasteiger partial charge is 0.455 e. The van der Waals surface area contributed by atoms with Gasteiger partial charge in [-0.25, -0.2) is 0 Å². The predicted octanol–water partition coefficient (Wildman–Crippen LogP) is 3.77. The molecule has 1 N–H and O–H groups in total. The molecule has 2 rings (SSSR count). The maximum Gasteiger partial charge on any atom is 0.145 e. The number of hydrogen-bond acceptors (Lipinski definition) is 4. The molecule has 112 valence electrons. The van der Waals surface area contributed by atoms with Gasteiger partial charge in [0.2, 0.25) is 0 Å². The van der Waals surface area contributed by atoms with E-state index < -0.39 is 0 Å². The fourth-order valence-corrected chi connectivity index (χ4v) is 1.79. The van der Waals surface area contributed by atoms with Crippen molar-refractivity contribution in [1.82, 2.24) is 15.3 Å². The molecule has 0 saturated carbocycles. The predicted molar refractivity (Wildman–Crippen MR) is 84.6 cm³/mol. The van der Waals surface area contributed by atoms with E-state index in [2.05, 4.69) is 36.1 Å². The number of nitrogens with zero attached hydrogens (tertiary/aromatic N) is 2. The normalized spacial score (nSPS) is 11.5. The summed E-state index contributed by atoms with van der Waals surface area (Å²) < 4.78 is 5.97. The van der Waals surface area contributed by atoms with Crippen LogP contribution in [-0.4, -0.2) is 15.5 Å². The fraction of sp³-hybridized carbons (Fsp3) is 0.412. The quantitative estimate of drug-likeness (QED) is 0.928. The van der Waals surface area contributed by atoms with Gasteiger partial charge in [0, 0.05) is 41.3 Å². The van der Waals surface area contributed by atoms with E-state index in [-0.39, 0.29) is 5.54 Å². The molecule has 0 saturated heterocycles. The van der Waals surface area contributed by atoms with Crippen LogP contribution in [0, 0.1) is 13.8 Å². The molecule has 0 fully saturated rings. The van der Waals surface area contributed by atoms with E-state index in [1.165, 1.54) is 0 Å². The number of pyridine rings is 2. The van der Waals surface area contributed by atoms with Gasteiger partial charge in [-0.3, -0.25) is 9.97 Å². The number of hydrogen-bond donors (Lipinski definition) is 1. The Morgan fingerprint density at radius 2 is 1.76 bits per heavy atom. The van der Waals surface area contributed by atoms with Crippen molar-refractivity contribution in [3.8, 4) is 11.5 Å². The first-order chi connectivity index (χ1) is 9.83. The number of nitrogens with one attached hydrogen (secondary N) is 1. The molecule has 2 aromatic rings. The Kier molecular flexibility index (Phi) is 4.58. The molecule has 0 bridgehead atoms. The van der Waals surface area contributed by atoms with Crippen LogP contribution in [0.5, 0.6) is 11.5 Å². The first-order valence-corrected chi connectivity index (χ1v) is 7.14. The van der Waals surface area contributed by atoms with Crippen LogP contribution in [0.2, 0.25) is 0 Å². The van der Waals surface area contributed by atoms with E-state index in [9.17, 15) is 0 Å². The van der Waals surface area contributed by atoms with Crippen LogP contribution in [0.1, 0.15) is 37.7 Å². The van der Waals surface area contributed by atoms with Crippen molar-refractivity contribution >= 4 is 0 Å². The number of aryl methyl sites for hydroxylation is 2. The summed E-state index contributed by atoms with van der Waals surface area (Å²) in [5.41, 5.74) is 3.00. The monoisotopic (exact) mass is 285 g/mol. The average Bonchev–Trinajstić information content (AvgIpc) is 2.39. The molecule has 4 heteroatoms. The van der Waals surface area contributed by atoms with Crippen molar-refractivity contribution in [2.75, 3.05) is 0 Å². The summed E-state index contributed by atoms with van der Waals surface area (Å²) in [5.74, 6) is 1.56. The van der Waals surface area contributed by atoms with Crippen LogP contribution in [-0.2, 0) is 6.54 Å². The molecule has 0 aliphatic rings. The van der Waals surface area contributed by atoms with Gasteiger partial charge >= 0.3 is 0 Å². The minimum Gasteiger partial charge on any atom is -0.455 e. The molecule has 0 aliphatic carbocycles. The Morgan fingerprint density at radius 3 is 2.38 bits per heavy atom. The minimum atomic E-state index is 0.0492. The standard InChI is InChI=1S/C17H23N3O/c1-12-6-7-15(11-19-12)21-16-8-13(2)18-9-14(16)10-20-17(3,4)5/h6-9,11,20H,10H2,1-5H3. The van der Waals surface area contributed by atoms with E-state index in [0.29, 0.717) is 6.54 Å². The summed E-state index contributed by atoms with van der Waals surface area (Å²) in [4.78, 5) is 8.62. The van der Waals surface area contributed by atoms with Gasteiger partial charge in [-0.05, 0) is 46.8 Å². The second-order valence-electron chi connectivity index (χ2n) is 6.27. The first kappa shape index (κ1) is 15.4. The molecule has 0 unspecified atom stereocenters. The van der Waals surface area contributed by atoms with Gasteiger partial charge in [0.05, 0.1) is 6.20 Å². The van der Waals surface area contributed by atoms with Crippen LogP contribution in [0.4, 0.5) is 0 Å². The third kappa shape index (κ3) is 4.83. The third-order valence-electron chi connectivity index (χ3n) is 3.00. The Hall–Kier alpha value is -1.94. The van der Waals surface area contributed by atoms with Gasteiger partial charge in [0.1, 0.15) is 11.5 Å². The second kappa shape index (κ2) is 6.22. The number of aromatic nitrogens is 2. The van der Waals surface area contributed by atoms with Gasteiger partial charge in [0.25, 0.3) is 0 Å². The van der Waals surface area contributed by atoms with Crippen LogP contribution in [0.15, 0.2) is 30.6 Å². The Bertz CT molecular complexity index is 600. The van der Waals surface area contributed by atoms with E-state index in [4.69, 9.17) is 4.74 Å². The molecule has 2 aromatic heterocycles. The van der Waals surface area contributed by atoms with E-state index in [1.54, 1.807) is 6.20 Å². The second-order valence-corrected chi connectivity index (χ2v) is 6.27. The zero-order valence-electron chi connectivity index (χ0n) is 13.4. The highest BCUT2D eigenvalue weighted by atomic mass is 16.5. The molecule has 0 spiro atoms. The fourth-order valence-electron chi connectivity index (χ4n) is 1.79. The summed E-state index contributed by atoms with van der Waals surface area (Å²) in [6.07, 6.45) is 3.61. The van der Waals surface area contributed by atoms with Crippen molar-refractivity contribution in [1.29, 1.82) is 0 Å². The molecule has 4 nitrogen and oxygen atoms in total. The van der Waals surface area contributed by atoms with Crippen LogP contribution in [0.3, 0.4) is 0 Å². The van der Waals surface area contributed by atoms with Crippen molar-refractivity contribution in [3.05, 3.63) is 47.5 Å². The summed E-state index contributed by atoms with van der Waals surface area (Å²) in [5, 5.41) is 3.46. The zero-order chi connectivity index (χ0) is 15.5. The number of ether oxygens (including phenoxy) is 1. The molecular formula is C17H23N3O. The molecule has 0 radical (unpaired) electrons. The summed E-state index contributed by atoms with van der Waals surface area (Å²) in [7, 11) is 0. The van der Waals surface area contributed by atoms with Crippen molar-refractivity contribution in [3.63, 3.8) is 0 Å². The maximum atomic E-state index is 5.97. The summed E-state index contributed by atoms with van der Waals surface area (Å²) >= 11 is 0. The Balaban J connectivity index is 2.20. The minimum absolute atomic E-state index is 0.0492. The maximum absolute atomic E-state index is 5.97. The van der Waals surface area contributed by atoms with Crippen LogP contribution < -0.4 is 10.1 Å². The van der Waals surface area contributed by atoms with E-state index >= 15 is 0 Å². The lowest BCUT2D eigenvalue weighted by Gasteiger charge is -2.21. The van der Waals surface area contributed by atoms with E-state index in [0.717, 1.165) is 28.5 Å². The van der Waals surface area contributed by atoms with E-state index in [1.807, 2.05) is 38.2 Å². The lowest BCUT2D eigenvalue weighted by molar-refractivity contribution is 0.413. The van der Waals surface area contributed by atoms with Crippen molar-refractivity contribution in [2.24, 2.45) is 0 Å². The smallest absolute Gasteiger partial charge is 0.145 e. The highest BCUT2D eigenvalue weighted by molar-refractivity contribution is 5.37. The number of rotatable bonds is 4. The Labute approximate surface area is 126 Å². The molecule has 0 atom stereocenters. The molecular weight excluding hydrogens is 262 g/mol. The summed E-state index contributed by atoms with van der Waals surface area (Å²) in [6, 6.07) is 5.83. The molecule has 0 aromatic carbocycles. The van der Waals surface area contributed by atoms with Gasteiger partial charge in [-0.15, -0.1) is 0 Å². The van der Waals surface area contributed by atoms with Gasteiger partial charge < -0.3 is 10.1 Å². The zero-order valence-corrected chi connectivity index (χ0v) is 13.4. The first-order valence-electron chi connectivity index (χ1n) is 7.14. The highest BCUT2D eigenvalue weighted by Gasteiger charge is 2.12. The molecule has 0 aliphatic heterocycles. The van der Waals surface area contributed by atoms with Crippen molar-refractivity contribution < 1.29 is 4.74 Å². The van der Waals surface area contributed by atoms with Crippen LogP contribution >= 0.6 is 0 Å². The third-order valence-corrected chi connectivity index (χ3v) is 3.00. The average molecular weight is 285 g/mol. The SMILES string of the molecule is Cc1ccc(Oc2cc(C)ncc2CNC(C)(C)C)cn1. The Morgan fingerprint density at radius 1 is 1.05 bits per heavy atom. The molecule has 0 amide bonds. The lowest BCUT2D eigenvalue weighted by Crippen LogP contribution is -2.35. The van der Waals surface area contributed by atoms with Crippen LogP contribution in [0.25, 0.3) is 0 Å². The van der Waals surface area contributed by atoms with Gasteiger partial charge in [-0.2, -0.15) is 0 Å². The van der Waals surface area contributed by atoms with Gasteiger partial charge in [-0.1, -0.05) is 0 Å². The molecule has 21 heavy (non-hydrogen) atoms. The highest BCUT2D eigenvalue weighted by Crippen LogP contribution is 2.25. The molecule has 2 heterocycles. The lowest BCUT2D eigenvalue weighted by atomic mass is 10.1. The summed E-state index contributed by atoms with van der Waals surface area (Å²) in [6.45, 7) is 11.0. The van der Waals surface area contributed by atoms with Gasteiger partial charge in [0.15, 0.2) is 0 Å². The van der Waals surface area contributed by atoms with Crippen molar-refractivity contribution in [2.45, 2.75) is 46.7 Å². The topological polar surface area (TPSA) is 47.0 Å².